The first-order valence-corrected chi connectivity index (χ1v) is 4.82. The molecule has 0 saturated carbocycles. The highest BCUT2D eigenvalue weighted by molar-refractivity contribution is 4.92. The Morgan fingerprint density at radius 2 is 1.83 bits per heavy atom. The van der Waals surface area contributed by atoms with Gasteiger partial charge in [0.05, 0.1) is 0 Å². The first-order valence-electron chi connectivity index (χ1n) is 4.82. The van der Waals surface area contributed by atoms with Gasteiger partial charge in [-0.15, -0.1) is 0 Å². The first kappa shape index (κ1) is 11.7. The Hall–Kier alpha value is -0.300. The van der Waals surface area contributed by atoms with Crippen LogP contribution >= 0.6 is 0 Å². The molecular weight excluding hydrogens is 148 g/mol. The third kappa shape index (κ3) is 5.36. The van der Waals surface area contributed by atoms with Gasteiger partial charge in [0.1, 0.15) is 0 Å². The summed E-state index contributed by atoms with van der Waals surface area (Å²) < 4.78 is 0. The average molecular weight is 170 g/mol. The minimum Gasteiger partial charge on any atom is -0.396 e. The van der Waals surface area contributed by atoms with E-state index < -0.39 is 0 Å². The highest BCUT2D eigenvalue weighted by Crippen LogP contribution is 2.16. The van der Waals surface area contributed by atoms with Crippen LogP contribution in [0.15, 0.2) is 11.6 Å². The Balaban J connectivity index is 3.57. The fourth-order valence-corrected chi connectivity index (χ4v) is 1.10. The van der Waals surface area contributed by atoms with Gasteiger partial charge in [0, 0.05) is 6.61 Å². The van der Waals surface area contributed by atoms with Crippen LogP contribution in [0.5, 0.6) is 0 Å². The summed E-state index contributed by atoms with van der Waals surface area (Å²) in [7, 11) is 0. The zero-order valence-corrected chi connectivity index (χ0v) is 8.80. The number of rotatable bonds is 5. The van der Waals surface area contributed by atoms with Crippen molar-refractivity contribution >= 4 is 0 Å². The molecule has 0 rings (SSSR count). The van der Waals surface area contributed by atoms with E-state index in [4.69, 9.17) is 5.11 Å². The zero-order valence-electron chi connectivity index (χ0n) is 8.80. The van der Waals surface area contributed by atoms with E-state index in [9.17, 15) is 0 Å². The van der Waals surface area contributed by atoms with E-state index >= 15 is 0 Å². The van der Waals surface area contributed by atoms with Crippen molar-refractivity contribution < 1.29 is 5.11 Å². The first-order chi connectivity index (χ1) is 5.57. The van der Waals surface area contributed by atoms with Crippen LogP contribution in [0.4, 0.5) is 0 Å². The maximum atomic E-state index is 8.90. The number of aliphatic hydroxyl groups is 1. The van der Waals surface area contributed by atoms with Gasteiger partial charge in [-0.3, -0.25) is 0 Å². The molecule has 0 radical (unpaired) electrons. The molecule has 2 atom stereocenters. The molecule has 0 bridgehead atoms. The summed E-state index contributed by atoms with van der Waals surface area (Å²) in [4.78, 5) is 0. The standard InChI is InChI=1S/C11H22O/c1-9(2)6-5-7-10(3)11(4)8-12/h6,10-12H,5,7-8H2,1-4H3/t10-,11+/m1/s1. The van der Waals surface area contributed by atoms with E-state index in [1.807, 2.05) is 0 Å². The van der Waals surface area contributed by atoms with Crippen LogP contribution in [-0.2, 0) is 0 Å². The summed E-state index contributed by atoms with van der Waals surface area (Å²) in [6.07, 6.45) is 4.60. The largest absolute Gasteiger partial charge is 0.396 e. The Bertz CT molecular complexity index is 134. The molecule has 1 N–H and O–H groups in total. The molecule has 0 spiro atoms. The number of aliphatic hydroxyl groups excluding tert-OH is 1. The topological polar surface area (TPSA) is 20.2 Å². The van der Waals surface area contributed by atoms with Gasteiger partial charge in [-0.25, -0.2) is 0 Å². The maximum absolute atomic E-state index is 8.90. The fraction of sp³-hybridized carbons (Fsp3) is 0.818. The van der Waals surface area contributed by atoms with E-state index in [1.54, 1.807) is 0 Å². The smallest absolute Gasteiger partial charge is 0.0459 e. The molecule has 0 heterocycles. The molecule has 0 aromatic carbocycles. The quantitative estimate of drug-likeness (QED) is 0.629. The summed E-state index contributed by atoms with van der Waals surface area (Å²) in [6.45, 7) is 8.88. The van der Waals surface area contributed by atoms with E-state index in [0.717, 1.165) is 6.42 Å². The summed E-state index contributed by atoms with van der Waals surface area (Å²) >= 11 is 0. The molecule has 0 aliphatic heterocycles. The molecule has 0 unspecified atom stereocenters. The number of allylic oxidation sites excluding steroid dienone is 2. The molecule has 12 heavy (non-hydrogen) atoms. The molecule has 1 heteroatoms. The summed E-state index contributed by atoms with van der Waals surface area (Å²) in [6, 6.07) is 0. The minimum atomic E-state index is 0.315. The monoisotopic (exact) mass is 170 g/mol. The van der Waals surface area contributed by atoms with Gasteiger partial charge in [-0.2, -0.15) is 0 Å². The Kier molecular flexibility index (Phi) is 6.09. The Morgan fingerprint density at radius 3 is 2.25 bits per heavy atom. The average Bonchev–Trinajstić information content (AvgIpc) is 2.02. The Labute approximate surface area is 76.5 Å². The highest BCUT2D eigenvalue weighted by atomic mass is 16.3. The van der Waals surface area contributed by atoms with Gasteiger partial charge < -0.3 is 5.11 Å². The summed E-state index contributed by atoms with van der Waals surface area (Å²) in [5, 5.41) is 8.90. The molecule has 0 amide bonds. The second-order valence-corrected chi connectivity index (χ2v) is 4.00. The predicted octanol–water partition coefficient (Wildman–Crippen LogP) is 3.00. The number of hydrogen-bond acceptors (Lipinski definition) is 1. The lowest BCUT2D eigenvalue weighted by atomic mass is 9.92. The molecule has 0 aliphatic carbocycles. The molecule has 0 aliphatic rings. The normalized spacial score (nSPS) is 15.4. The molecule has 1 nitrogen and oxygen atoms in total. The van der Waals surface area contributed by atoms with E-state index in [0.29, 0.717) is 18.4 Å². The minimum absolute atomic E-state index is 0.315. The molecule has 0 fully saturated rings. The van der Waals surface area contributed by atoms with Crippen LogP contribution in [-0.4, -0.2) is 11.7 Å². The second kappa shape index (κ2) is 6.24. The second-order valence-electron chi connectivity index (χ2n) is 4.00. The lowest BCUT2D eigenvalue weighted by Crippen LogP contribution is -2.11. The van der Waals surface area contributed by atoms with Crippen molar-refractivity contribution in [2.24, 2.45) is 11.8 Å². The third-order valence-corrected chi connectivity index (χ3v) is 2.43. The van der Waals surface area contributed by atoms with Crippen molar-refractivity contribution in [2.45, 2.75) is 40.5 Å². The lowest BCUT2D eigenvalue weighted by Gasteiger charge is -2.16. The molecule has 0 aromatic heterocycles. The molecule has 0 aromatic rings. The highest BCUT2D eigenvalue weighted by Gasteiger charge is 2.09. The number of hydrogen-bond donors (Lipinski definition) is 1. The van der Waals surface area contributed by atoms with Crippen molar-refractivity contribution in [1.82, 2.24) is 0 Å². The predicted molar refractivity (Wildman–Crippen MR) is 54.1 cm³/mol. The van der Waals surface area contributed by atoms with E-state index in [1.165, 1.54) is 12.0 Å². The van der Waals surface area contributed by atoms with Gasteiger partial charge in [0.2, 0.25) is 0 Å². The van der Waals surface area contributed by atoms with Crippen molar-refractivity contribution in [2.75, 3.05) is 6.61 Å². The van der Waals surface area contributed by atoms with Crippen molar-refractivity contribution in [3.63, 3.8) is 0 Å². The van der Waals surface area contributed by atoms with Crippen molar-refractivity contribution in [3.8, 4) is 0 Å². The lowest BCUT2D eigenvalue weighted by molar-refractivity contribution is 0.191. The zero-order chi connectivity index (χ0) is 9.56. The maximum Gasteiger partial charge on any atom is 0.0459 e. The van der Waals surface area contributed by atoms with Gasteiger partial charge in [-0.05, 0) is 38.5 Å². The van der Waals surface area contributed by atoms with Crippen molar-refractivity contribution in [1.29, 1.82) is 0 Å². The van der Waals surface area contributed by atoms with Crippen molar-refractivity contribution in [3.05, 3.63) is 11.6 Å². The van der Waals surface area contributed by atoms with Gasteiger partial charge in [0.25, 0.3) is 0 Å². The van der Waals surface area contributed by atoms with E-state index in [-0.39, 0.29) is 0 Å². The van der Waals surface area contributed by atoms with Crippen LogP contribution in [0.2, 0.25) is 0 Å². The fourth-order valence-electron chi connectivity index (χ4n) is 1.10. The van der Waals surface area contributed by atoms with Gasteiger partial charge in [0.15, 0.2) is 0 Å². The summed E-state index contributed by atoms with van der Waals surface area (Å²) in [5.74, 6) is 1.07. The molecular formula is C11H22O. The molecule has 0 saturated heterocycles. The van der Waals surface area contributed by atoms with Crippen LogP contribution in [0.3, 0.4) is 0 Å². The van der Waals surface area contributed by atoms with Gasteiger partial charge in [-0.1, -0.05) is 25.5 Å². The Morgan fingerprint density at radius 1 is 1.25 bits per heavy atom. The van der Waals surface area contributed by atoms with Crippen LogP contribution in [0.25, 0.3) is 0 Å². The van der Waals surface area contributed by atoms with Crippen LogP contribution in [0.1, 0.15) is 40.5 Å². The SMILES string of the molecule is CC(C)=CCC[C@@H](C)[C@@H](C)CO. The summed E-state index contributed by atoms with van der Waals surface area (Å²) in [5.41, 5.74) is 1.39. The van der Waals surface area contributed by atoms with Gasteiger partial charge >= 0.3 is 0 Å². The molecule has 72 valence electrons. The third-order valence-electron chi connectivity index (χ3n) is 2.43. The van der Waals surface area contributed by atoms with Crippen LogP contribution < -0.4 is 0 Å². The van der Waals surface area contributed by atoms with E-state index in [2.05, 4.69) is 33.8 Å². The van der Waals surface area contributed by atoms with Crippen LogP contribution in [0, 0.1) is 11.8 Å².